The molecule has 0 radical (unpaired) electrons. The number of hydrogen-bond acceptors (Lipinski definition) is 4. The second-order valence-electron chi connectivity index (χ2n) is 5.45. The summed E-state index contributed by atoms with van der Waals surface area (Å²) < 4.78 is 16.3. The van der Waals surface area contributed by atoms with E-state index in [1.165, 1.54) is 6.42 Å². The van der Waals surface area contributed by atoms with E-state index in [-0.39, 0.29) is 18.4 Å². The van der Waals surface area contributed by atoms with E-state index in [0.29, 0.717) is 13.0 Å². The Balaban J connectivity index is 1.76. The Labute approximate surface area is 108 Å². The van der Waals surface area contributed by atoms with Crippen molar-refractivity contribution in [2.75, 3.05) is 13.4 Å². The summed E-state index contributed by atoms with van der Waals surface area (Å²) in [7, 11) is 0. The van der Waals surface area contributed by atoms with E-state index in [4.69, 9.17) is 14.2 Å². The normalized spacial score (nSPS) is 26.3. The third-order valence-corrected chi connectivity index (χ3v) is 3.60. The van der Waals surface area contributed by atoms with E-state index in [0.717, 1.165) is 31.3 Å². The summed E-state index contributed by atoms with van der Waals surface area (Å²) in [6, 6.07) is 0. The van der Waals surface area contributed by atoms with Gasteiger partial charge in [-0.25, -0.2) is 4.79 Å². The first-order valence-electron chi connectivity index (χ1n) is 6.68. The van der Waals surface area contributed by atoms with Crippen LogP contribution in [0.25, 0.3) is 0 Å². The topological polar surface area (TPSA) is 44.8 Å². The van der Waals surface area contributed by atoms with Gasteiger partial charge in [0.25, 0.3) is 0 Å². The highest BCUT2D eigenvalue weighted by molar-refractivity contribution is 5.77. The van der Waals surface area contributed by atoms with E-state index in [9.17, 15) is 4.79 Å². The fraction of sp³-hybridized carbons (Fsp3) is 0.786. The Bertz CT molecular complexity index is 318. The van der Waals surface area contributed by atoms with Crippen LogP contribution in [-0.2, 0) is 19.0 Å². The van der Waals surface area contributed by atoms with Gasteiger partial charge < -0.3 is 14.2 Å². The number of ether oxygens (including phenoxy) is 3. The van der Waals surface area contributed by atoms with Gasteiger partial charge in [0.05, 0.1) is 6.61 Å². The molecule has 102 valence electrons. The largest absolute Gasteiger partial charge is 0.457 e. The average molecular weight is 254 g/mol. The van der Waals surface area contributed by atoms with Crippen molar-refractivity contribution in [2.45, 2.75) is 57.2 Å². The van der Waals surface area contributed by atoms with Crippen molar-refractivity contribution >= 4 is 5.97 Å². The molecule has 0 aromatic carbocycles. The van der Waals surface area contributed by atoms with Crippen molar-refractivity contribution < 1.29 is 19.0 Å². The molecule has 4 heteroatoms. The molecule has 0 aromatic heterocycles. The molecular weight excluding hydrogens is 232 g/mol. The fourth-order valence-corrected chi connectivity index (χ4v) is 2.72. The Morgan fingerprint density at radius 1 is 1.44 bits per heavy atom. The fourth-order valence-electron chi connectivity index (χ4n) is 2.72. The van der Waals surface area contributed by atoms with Crippen molar-refractivity contribution in [3.05, 3.63) is 12.2 Å². The van der Waals surface area contributed by atoms with Gasteiger partial charge in [-0.15, -0.1) is 0 Å². The maximum atomic E-state index is 11.8. The SMILES string of the molecule is C=C(C)COCOC1CC2(CCCCC2)OC1=O. The van der Waals surface area contributed by atoms with Gasteiger partial charge >= 0.3 is 5.97 Å². The summed E-state index contributed by atoms with van der Waals surface area (Å²) in [6.45, 7) is 6.22. The lowest BCUT2D eigenvalue weighted by Crippen LogP contribution is -2.31. The molecule has 1 aliphatic heterocycles. The van der Waals surface area contributed by atoms with E-state index in [1.54, 1.807) is 0 Å². The standard InChI is InChI=1S/C14H22O4/c1-11(2)9-16-10-17-12-8-14(18-13(12)15)6-4-3-5-7-14/h12H,1,3-10H2,2H3. The van der Waals surface area contributed by atoms with Gasteiger partial charge in [-0.1, -0.05) is 18.6 Å². The quantitative estimate of drug-likeness (QED) is 0.327. The first-order chi connectivity index (χ1) is 8.61. The minimum Gasteiger partial charge on any atom is -0.457 e. The lowest BCUT2D eigenvalue weighted by molar-refractivity contribution is -0.161. The summed E-state index contributed by atoms with van der Waals surface area (Å²) in [4.78, 5) is 11.8. The number of rotatable bonds is 5. The van der Waals surface area contributed by atoms with Crippen LogP contribution in [0.1, 0.15) is 45.4 Å². The summed E-state index contributed by atoms with van der Waals surface area (Å²) in [5.74, 6) is -0.226. The van der Waals surface area contributed by atoms with Gasteiger partial charge in [0, 0.05) is 6.42 Å². The van der Waals surface area contributed by atoms with Gasteiger partial charge in [0.2, 0.25) is 0 Å². The van der Waals surface area contributed by atoms with Crippen molar-refractivity contribution in [2.24, 2.45) is 0 Å². The lowest BCUT2D eigenvalue weighted by atomic mass is 9.82. The molecule has 0 amide bonds. The van der Waals surface area contributed by atoms with Gasteiger partial charge in [0.1, 0.15) is 12.4 Å². The Hall–Kier alpha value is -0.870. The lowest BCUT2D eigenvalue weighted by Gasteiger charge is -2.31. The first kappa shape index (κ1) is 13.6. The zero-order valence-corrected chi connectivity index (χ0v) is 11.1. The first-order valence-corrected chi connectivity index (χ1v) is 6.68. The highest BCUT2D eigenvalue weighted by atomic mass is 16.7. The summed E-state index contributed by atoms with van der Waals surface area (Å²) >= 11 is 0. The van der Waals surface area contributed by atoms with Crippen LogP contribution in [0.3, 0.4) is 0 Å². The molecule has 2 rings (SSSR count). The molecule has 18 heavy (non-hydrogen) atoms. The Morgan fingerprint density at radius 2 is 2.17 bits per heavy atom. The molecule has 0 bridgehead atoms. The van der Waals surface area contributed by atoms with Crippen LogP contribution in [0.5, 0.6) is 0 Å². The predicted molar refractivity (Wildman–Crippen MR) is 67.0 cm³/mol. The zero-order chi connectivity index (χ0) is 13.0. The van der Waals surface area contributed by atoms with Gasteiger partial charge in [-0.2, -0.15) is 0 Å². The maximum Gasteiger partial charge on any atom is 0.336 e. The molecule has 2 aliphatic rings. The average Bonchev–Trinajstić information content (AvgIpc) is 2.62. The van der Waals surface area contributed by atoms with E-state index in [2.05, 4.69) is 6.58 Å². The highest BCUT2D eigenvalue weighted by Gasteiger charge is 2.47. The van der Waals surface area contributed by atoms with Gasteiger partial charge in [-0.05, 0) is 32.6 Å². The zero-order valence-electron chi connectivity index (χ0n) is 11.1. The van der Waals surface area contributed by atoms with E-state index >= 15 is 0 Å². The molecule has 1 spiro atoms. The van der Waals surface area contributed by atoms with Crippen LogP contribution in [0, 0.1) is 0 Å². The minimum absolute atomic E-state index is 0.128. The molecule has 0 N–H and O–H groups in total. The summed E-state index contributed by atoms with van der Waals surface area (Å²) in [6.07, 6.45) is 5.72. The second kappa shape index (κ2) is 5.85. The molecule has 1 atom stereocenters. The van der Waals surface area contributed by atoms with Crippen LogP contribution < -0.4 is 0 Å². The van der Waals surface area contributed by atoms with Crippen LogP contribution >= 0.6 is 0 Å². The highest BCUT2D eigenvalue weighted by Crippen LogP contribution is 2.40. The minimum atomic E-state index is -0.451. The number of carbonyl (C=O) groups excluding carboxylic acids is 1. The van der Waals surface area contributed by atoms with Crippen molar-refractivity contribution in [3.8, 4) is 0 Å². The van der Waals surface area contributed by atoms with Crippen LogP contribution in [0.4, 0.5) is 0 Å². The number of carbonyl (C=O) groups is 1. The molecule has 1 aliphatic carbocycles. The van der Waals surface area contributed by atoms with Crippen LogP contribution in [0.2, 0.25) is 0 Å². The molecule has 1 heterocycles. The second-order valence-corrected chi connectivity index (χ2v) is 5.45. The predicted octanol–water partition coefficient (Wildman–Crippen LogP) is 2.57. The van der Waals surface area contributed by atoms with Gasteiger partial charge in [-0.3, -0.25) is 0 Å². The van der Waals surface area contributed by atoms with Crippen molar-refractivity contribution in [3.63, 3.8) is 0 Å². The van der Waals surface area contributed by atoms with Gasteiger partial charge in [0.15, 0.2) is 6.10 Å². The third-order valence-electron chi connectivity index (χ3n) is 3.60. The van der Waals surface area contributed by atoms with Crippen LogP contribution in [0.15, 0.2) is 12.2 Å². The maximum absolute atomic E-state index is 11.8. The molecule has 1 unspecified atom stereocenters. The summed E-state index contributed by atoms with van der Waals surface area (Å²) in [5, 5.41) is 0. The van der Waals surface area contributed by atoms with Crippen LogP contribution in [-0.4, -0.2) is 31.1 Å². The molecule has 1 saturated heterocycles. The summed E-state index contributed by atoms with van der Waals surface area (Å²) in [5.41, 5.74) is 0.699. The van der Waals surface area contributed by atoms with E-state index < -0.39 is 6.10 Å². The Kier molecular flexibility index (Phi) is 4.40. The van der Waals surface area contributed by atoms with Crippen molar-refractivity contribution in [1.82, 2.24) is 0 Å². The number of esters is 1. The molecule has 2 fully saturated rings. The van der Waals surface area contributed by atoms with E-state index in [1.807, 2.05) is 6.92 Å². The smallest absolute Gasteiger partial charge is 0.336 e. The number of hydrogen-bond donors (Lipinski definition) is 0. The monoisotopic (exact) mass is 254 g/mol. The molecule has 0 aromatic rings. The molecular formula is C14H22O4. The molecule has 4 nitrogen and oxygen atoms in total. The molecule has 1 saturated carbocycles. The Morgan fingerprint density at radius 3 is 2.83 bits per heavy atom. The van der Waals surface area contributed by atoms with Crippen molar-refractivity contribution in [1.29, 1.82) is 0 Å². The third kappa shape index (κ3) is 3.33.